The van der Waals surface area contributed by atoms with Crippen molar-refractivity contribution in [1.29, 1.82) is 0 Å². The molecule has 0 aliphatic carbocycles. The molecule has 6 heteroatoms. The van der Waals surface area contributed by atoms with Crippen molar-refractivity contribution in [2.45, 2.75) is 6.92 Å². The molecule has 0 fully saturated rings. The molecule has 1 amide bonds. The first kappa shape index (κ1) is 17.7. The summed E-state index contributed by atoms with van der Waals surface area (Å²) in [6, 6.07) is 13.1. The number of amides is 1. The number of hydrogen-bond acceptors (Lipinski definition) is 4. The number of hydrogen-bond donors (Lipinski definition) is 1. The van der Waals surface area contributed by atoms with Crippen LogP contribution in [0.25, 0.3) is 10.9 Å². The molecule has 0 aliphatic rings. The largest absolute Gasteiger partial charge is 0.496 e. The van der Waals surface area contributed by atoms with E-state index in [1.807, 2.05) is 37.3 Å². The molecule has 6 nitrogen and oxygen atoms in total. The molecule has 0 spiro atoms. The smallest absolute Gasteiger partial charge is 0.274 e. The molecule has 26 heavy (non-hydrogen) atoms. The second-order valence-electron chi connectivity index (χ2n) is 5.67. The fourth-order valence-electron chi connectivity index (χ4n) is 3.05. The van der Waals surface area contributed by atoms with Gasteiger partial charge in [-0.3, -0.25) is 4.79 Å². The Morgan fingerprint density at radius 1 is 1.00 bits per heavy atom. The number of rotatable bonds is 6. The van der Waals surface area contributed by atoms with Gasteiger partial charge in [0.2, 0.25) is 0 Å². The summed E-state index contributed by atoms with van der Waals surface area (Å²) in [5.74, 6) is 1.55. The van der Waals surface area contributed by atoms with E-state index in [4.69, 9.17) is 14.2 Å². The highest BCUT2D eigenvalue weighted by molar-refractivity contribution is 6.09. The molecule has 2 aromatic carbocycles. The minimum Gasteiger partial charge on any atom is -0.496 e. The van der Waals surface area contributed by atoms with Gasteiger partial charge in [0, 0.05) is 23.7 Å². The molecule has 136 valence electrons. The van der Waals surface area contributed by atoms with Crippen LogP contribution in [0.4, 0.5) is 5.69 Å². The van der Waals surface area contributed by atoms with Crippen LogP contribution in [-0.4, -0.2) is 38.8 Å². The molecule has 0 atom stereocenters. The van der Waals surface area contributed by atoms with E-state index in [9.17, 15) is 4.79 Å². The van der Waals surface area contributed by atoms with Crippen LogP contribution < -0.4 is 19.1 Å². The molecule has 0 unspecified atom stereocenters. The van der Waals surface area contributed by atoms with Gasteiger partial charge < -0.3 is 24.1 Å². The minimum absolute atomic E-state index is 0.127. The van der Waals surface area contributed by atoms with Crippen molar-refractivity contribution in [3.8, 4) is 17.2 Å². The number of aromatic nitrogens is 1. The zero-order valence-corrected chi connectivity index (χ0v) is 15.3. The third-order valence-electron chi connectivity index (χ3n) is 4.30. The number of carbonyl (C=O) groups is 1. The van der Waals surface area contributed by atoms with Crippen molar-refractivity contribution >= 4 is 22.5 Å². The predicted molar refractivity (Wildman–Crippen MR) is 102 cm³/mol. The summed E-state index contributed by atoms with van der Waals surface area (Å²) in [5, 5.41) is 0.762. The Morgan fingerprint density at radius 3 is 2.27 bits per heavy atom. The lowest BCUT2D eigenvalue weighted by molar-refractivity contribution is 0.0984. The third kappa shape index (κ3) is 2.94. The molecule has 3 aromatic rings. The van der Waals surface area contributed by atoms with Crippen LogP contribution in [0.1, 0.15) is 17.4 Å². The summed E-state index contributed by atoms with van der Waals surface area (Å²) >= 11 is 0. The van der Waals surface area contributed by atoms with Crippen molar-refractivity contribution in [1.82, 2.24) is 4.98 Å². The van der Waals surface area contributed by atoms with Crippen LogP contribution in [0.5, 0.6) is 17.2 Å². The summed E-state index contributed by atoms with van der Waals surface area (Å²) in [4.78, 5) is 18.0. The normalized spacial score (nSPS) is 10.6. The first-order valence-corrected chi connectivity index (χ1v) is 8.33. The third-order valence-corrected chi connectivity index (χ3v) is 4.30. The highest BCUT2D eigenvalue weighted by Gasteiger charge is 2.22. The fourth-order valence-corrected chi connectivity index (χ4v) is 3.05. The highest BCUT2D eigenvalue weighted by Crippen LogP contribution is 2.41. The van der Waals surface area contributed by atoms with E-state index in [-0.39, 0.29) is 5.91 Å². The monoisotopic (exact) mass is 354 g/mol. The fraction of sp³-hybridized carbons (Fsp3) is 0.250. The maximum atomic E-state index is 13.1. The number of benzene rings is 2. The molecule has 0 bridgehead atoms. The van der Waals surface area contributed by atoms with E-state index in [0.717, 1.165) is 11.1 Å². The van der Waals surface area contributed by atoms with E-state index in [1.165, 1.54) is 0 Å². The van der Waals surface area contributed by atoms with Crippen LogP contribution in [0.3, 0.4) is 0 Å². The van der Waals surface area contributed by atoms with E-state index < -0.39 is 0 Å². The molecular formula is C20H22N2O4. The molecule has 3 rings (SSSR count). The van der Waals surface area contributed by atoms with Crippen LogP contribution >= 0.6 is 0 Å². The minimum atomic E-state index is -0.127. The summed E-state index contributed by atoms with van der Waals surface area (Å²) in [5.41, 5.74) is 1.96. The van der Waals surface area contributed by atoms with Gasteiger partial charge in [0.05, 0.1) is 26.8 Å². The van der Waals surface area contributed by atoms with E-state index >= 15 is 0 Å². The maximum absolute atomic E-state index is 13.1. The van der Waals surface area contributed by atoms with Crippen molar-refractivity contribution < 1.29 is 19.0 Å². The van der Waals surface area contributed by atoms with Crippen LogP contribution in [-0.2, 0) is 0 Å². The lowest BCUT2D eigenvalue weighted by Gasteiger charge is -2.20. The van der Waals surface area contributed by atoms with Gasteiger partial charge in [-0.25, -0.2) is 0 Å². The number of H-pyrrole nitrogens is 1. The van der Waals surface area contributed by atoms with Crippen LogP contribution in [0.2, 0.25) is 0 Å². The molecule has 1 aromatic heterocycles. The van der Waals surface area contributed by atoms with Gasteiger partial charge >= 0.3 is 0 Å². The van der Waals surface area contributed by atoms with E-state index in [2.05, 4.69) is 4.98 Å². The second kappa shape index (κ2) is 7.39. The summed E-state index contributed by atoms with van der Waals surface area (Å²) in [6.45, 7) is 2.49. The number of anilines is 1. The number of methoxy groups -OCH3 is 3. The van der Waals surface area contributed by atoms with Gasteiger partial charge in [0.1, 0.15) is 11.4 Å². The lowest BCUT2D eigenvalue weighted by Crippen LogP contribution is -2.30. The van der Waals surface area contributed by atoms with Gasteiger partial charge in [0.15, 0.2) is 11.5 Å². The summed E-state index contributed by atoms with van der Waals surface area (Å²) in [6.07, 6.45) is 0. The summed E-state index contributed by atoms with van der Waals surface area (Å²) in [7, 11) is 4.71. The Kier molecular flexibility index (Phi) is 5.02. The second-order valence-corrected chi connectivity index (χ2v) is 5.67. The zero-order valence-electron chi connectivity index (χ0n) is 15.3. The van der Waals surface area contributed by atoms with E-state index in [1.54, 1.807) is 38.4 Å². The molecule has 0 saturated heterocycles. The Labute approximate surface area is 152 Å². The number of para-hydroxylation sites is 1. The highest BCUT2D eigenvalue weighted by atomic mass is 16.5. The van der Waals surface area contributed by atoms with Gasteiger partial charge in [-0.05, 0) is 25.1 Å². The number of fused-ring (bicyclic) bond motifs is 1. The van der Waals surface area contributed by atoms with Crippen molar-refractivity contribution in [2.75, 3.05) is 32.8 Å². The average Bonchev–Trinajstić information content (AvgIpc) is 3.13. The number of ether oxygens (including phenoxy) is 3. The molecular weight excluding hydrogens is 332 g/mol. The van der Waals surface area contributed by atoms with Gasteiger partial charge in [-0.2, -0.15) is 0 Å². The van der Waals surface area contributed by atoms with Gasteiger partial charge in [-0.15, -0.1) is 0 Å². The Balaban J connectivity index is 2.12. The van der Waals surface area contributed by atoms with Crippen LogP contribution in [0, 0.1) is 0 Å². The zero-order chi connectivity index (χ0) is 18.7. The molecule has 0 saturated carbocycles. The Hall–Kier alpha value is -3.15. The Bertz CT molecular complexity index is 918. The van der Waals surface area contributed by atoms with Crippen molar-refractivity contribution in [2.24, 2.45) is 0 Å². The van der Waals surface area contributed by atoms with Crippen LogP contribution in [0.15, 0.2) is 42.5 Å². The SMILES string of the molecule is CCN(C(=O)c1cc2c(OC)cc(OC)c(OC)c2[nH]1)c1ccccc1. The number of nitrogens with one attached hydrogen (secondary N) is 1. The first-order chi connectivity index (χ1) is 12.6. The topological polar surface area (TPSA) is 63.8 Å². The molecule has 0 aliphatic heterocycles. The maximum Gasteiger partial charge on any atom is 0.274 e. The first-order valence-electron chi connectivity index (χ1n) is 8.33. The van der Waals surface area contributed by atoms with Gasteiger partial charge in [-0.1, -0.05) is 18.2 Å². The standard InChI is InChI=1S/C20H22N2O4/c1-5-22(13-9-7-6-8-10-13)20(23)15-11-14-16(24-2)12-17(25-3)19(26-4)18(14)21-15/h6-12,21H,5H2,1-4H3. The number of nitrogens with zero attached hydrogens (tertiary/aromatic N) is 1. The quantitative estimate of drug-likeness (QED) is 0.730. The number of carbonyl (C=O) groups excluding carboxylic acids is 1. The molecule has 1 heterocycles. The molecule has 1 N–H and O–H groups in total. The van der Waals surface area contributed by atoms with Crippen molar-refractivity contribution in [3.63, 3.8) is 0 Å². The molecule has 0 radical (unpaired) electrons. The van der Waals surface area contributed by atoms with E-state index in [0.29, 0.717) is 35.0 Å². The van der Waals surface area contributed by atoms with Gasteiger partial charge in [0.25, 0.3) is 5.91 Å². The van der Waals surface area contributed by atoms with Crippen molar-refractivity contribution in [3.05, 3.63) is 48.2 Å². The lowest BCUT2D eigenvalue weighted by atomic mass is 10.2. The summed E-state index contributed by atoms with van der Waals surface area (Å²) < 4.78 is 16.3. The number of aromatic amines is 1. The predicted octanol–water partition coefficient (Wildman–Crippen LogP) is 3.86. The Morgan fingerprint density at radius 2 is 1.69 bits per heavy atom. The average molecular weight is 354 g/mol.